The normalized spacial score (nSPS) is 11.1. The van der Waals surface area contributed by atoms with Gasteiger partial charge in [0.2, 0.25) is 5.91 Å². The molecule has 4 nitrogen and oxygen atoms in total. The number of carbonyl (C=O) groups excluding carboxylic acids is 1. The lowest BCUT2D eigenvalue weighted by Crippen LogP contribution is -2.10. The Morgan fingerprint density at radius 2 is 1.71 bits per heavy atom. The van der Waals surface area contributed by atoms with E-state index in [2.05, 4.69) is 45.9 Å². The number of nitrogens with zero attached hydrogens (tertiary/aromatic N) is 2. The Balaban J connectivity index is 1.64. The van der Waals surface area contributed by atoms with E-state index in [1.54, 1.807) is 12.1 Å². The van der Waals surface area contributed by atoms with E-state index in [0.717, 1.165) is 38.6 Å². The van der Waals surface area contributed by atoms with Gasteiger partial charge in [0.05, 0.1) is 11.0 Å². The molecule has 0 bridgehead atoms. The molecule has 3 aromatic carbocycles. The molecule has 0 spiro atoms. The number of amides is 1. The Labute approximate surface area is 161 Å². The molecule has 2 N–H and O–H groups in total. The molecule has 0 aliphatic carbocycles. The summed E-state index contributed by atoms with van der Waals surface area (Å²) in [5.41, 5.74) is 11.1. The zero-order chi connectivity index (χ0) is 19.1. The van der Waals surface area contributed by atoms with Crippen molar-refractivity contribution in [3.8, 4) is 16.8 Å². The fourth-order valence-electron chi connectivity index (χ4n) is 3.65. The van der Waals surface area contributed by atoms with Gasteiger partial charge in [-0.05, 0) is 54.1 Å². The van der Waals surface area contributed by atoms with E-state index in [1.165, 1.54) is 0 Å². The molecule has 0 fully saturated rings. The van der Waals surface area contributed by atoms with Gasteiger partial charge in [-0.25, -0.2) is 0 Å². The fraction of sp³-hybridized carbons (Fsp3) is 0. The Morgan fingerprint density at radius 1 is 0.893 bits per heavy atom. The first-order chi connectivity index (χ1) is 13.7. The summed E-state index contributed by atoms with van der Waals surface area (Å²) in [4.78, 5) is 15.9. The predicted octanol–water partition coefficient (Wildman–Crippen LogP) is 4.94. The van der Waals surface area contributed by atoms with Gasteiger partial charge in [-0.1, -0.05) is 30.3 Å². The Bertz CT molecular complexity index is 1330. The van der Waals surface area contributed by atoms with Gasteiger partial charge in [0.1, 0.15) is 0 Å². The van der Waals surface area contributed by atoms with Crippen molar-refractivity contribution in [1.82, 2.24) is 9.55 Å². The molecule has 5 rings (SSSR count). The van der Waals surface area contributed by atoms with Gasteiger partial charge in [-0.2, -0.15) is 0 Å². The molecule has 0 atom stereocenters. The summed E-state index contributed by atoms with van der Waals surface area (Å²) in [6.45, 7) is 0. The molecule has 0 saturated carbocycles. The second-order valence-corrected chi connectivity index (χ2v) is 6.75. The van der Waals surface area contributed by atoms with Crippen LogP contribution in [0.4, 0.5) is 0 Å². The van der Waals surface area contributed by atoms with E-state index in [9.17, 15) is 4.79 Å². The molecule has 5 aromatic rings. The maximum Gasteiger partial charge on any atom is 0.248 e. The monoisotopic (exact) mass is 363 g/mol. The minimum atomic E-state index is -0.421. The lowest BCUT2D eigenvalue weighted by atomic mass is 10.0. The summed E-state index contributed by atoms with van der Waals surface area (Å²) >= 11 is 0. The number of hydrogen-bond acceptors (Lipinski definition) is 2. The highest BCUT2D eigenvalue weighted by Crippen LogP contribution is 2.32. The first kappa shape index (κ1) is 16.3. The smallest absolute Gasteiger partial charge is 0.248 e. The molecule has 1 amide bonds. The molecule has 0 radical (unpaired) electrons. The highest BCUT2D eigenvalue weighted by Gasteiger charge is 2.10. The van der Waals surface area contributed by atoms with Gasteiger partial charge in [0.25, 0.3) is 0 Å². The van der Waals surface area contributed by atoms with Crippen LogP contribution >= 0.6 is 0 Å². The minimum Gasteiger partial charge on any atom is -0.366 e. The van der Waals surface area contributed by atoms with Crippen LogP contribution in [0.1, 0.15) is 10.4 Å². The number of pyridine rings is 1. The Kier molecular flexibility index (Phi) is 3.69. The average molecular weight is 363 g/mol. The SMILES string of the molecule is NC(=O)c1ccc(-n2ccc3c(-c4cnc5ccccc5c4)cccc32)cc1. The lowest BCUT2D eigenvalue weighted by Gasteiger charge is -2.09. The summed E-state index contributed by atoms with van der Waals surface area (Å²) < 4.78 is 2.11. The quantitative estimate of drug-likeness (QED) is 0.493. The highest BCUT2D eigenvalue weighted by atomic mass is 16.1. The summed E-state index contributed by atoms with van der Waals surface area (Å²) in [5.74, 6) is -0.421. The highest BCUT2D eigenvalue weighted by molar-refractivity contribution is 5.98. The lowest BCUT2D eigenvalue weighted by molar-refractivity contribution is 0.100. The number of nitrogens with two attached hydrogens (primary N) is 1. The van der Waals surface area contributed by atoms with Crippen LogP contribution in [-0.4, -0.2) is 15.5 Å². The molecule has 4 heteroatoms. The van der Waals surface area contributed by atoms with Gasteiger partial charge >= 0.3 is 0 Å². The van der Waals surface area contributed by atoms with Crippen LogP contribution < -0.4 is 5.73 Å². The number of carbonyl (C=O) groups is 1. The summed E-state index contributed by atoms with van der Waals surface area (Å²) in [6, 6.07) is 26.0. The van der Waals surface area contributed by atoms with E-state index in [4.69, 9.17) is 5.73 Å². The van der Waals surface area contributed by atoms with Crippen molar-refractivity contribution in [2.24, 2.45) is 5.73 Å². The number of benzene rings is 3. The van der Waals surface area contributed by atoms with E-state index < -0.39 is 5.91 Å². The number of fused-ring (bicyclic) bond motifs is 2. The molecule has 2 aromatic heterocycles. The standard InChI is InChI=1S/C24H17N3O/c25-24(28)16-8-10-19(11-9-16)27-13-12-21-20(5-3-7-23(21)27)18-14-17-4-1-2-6-22(17)26-15-18/h1-15H,(H2,25,28). The third-order valence-electron chi connectivity index (χ3n) is 5.06. The average Bonchev–Trinajstić information content (AvgIpc) is 3.17. The zero-order valence-corrected chi connectivity index (χ0v) is 15.0. The van der Waals surface area contributed by atoms with Gasteiger partial charge in [-0.3, -0.25) is 9.78 Å². The van der Waals surface area contributed by atoms with Crippen molar-refractivity contribution in [2.45, 2.75) is 0 Å². The maximum atomic E-state index is 11.3. The maximum absolute atomic E-state index is 11.3. The Morgan fingerprint density at radius 3 is 2.54 bits per heavy atom. The number of primary amides is 1. The fourth-order valence-corrected chi connectivity index (χ4v) is 3.65. The van der Waals surface area contributed by atoms with Crippen molar-refractivity contribution in [3.63, 3.8) is 0 Å². The van der Waals surface area contributed by atoms with Crippen molar-refractivity contribution in [1.29, 1.82) is 0 Å². The molecular weight excluding hydrogens is 346 g/mol. The topological polar surface area (TPSA) is 60.9 Å². The molecule has 0 aliphatic heterocycles. The number of hydrogen-bond donors (Lipinski definition) is 1. The van der Waals surface area contributed by atoms with Crippen LogP contribution in [0, 0.1) is 0 Å². The van der Waals surface area contributed by atoms with Crippen molar-refractivity contribution in [3.05, 3.63) is 96.8 Å². The second kappa shape index (κ2) is 6.35. The molecular formula is C24H17N3O. The van der Waals surface area contributed by atoms with Crippen LogP contribution in [-0.2, 0) is 0 Å². The van der Waals surface area contributed by atoms with Gasteiger partial charge in [-0.15, -0.1) is 0 Å². The van der Waals surface area contributed by atoms with Gasteiger partial charge in [0, 0.05) is 40.0 Å². The summed E-state index contributed by atoms with van der Waals surface area (Å²) in [6.07, 6.45) is 3.97. The third kappa shape index (κ3) is 2.63. The number of rotatable bonds is 3. The third-order valence-corrected chi connectivity index (χ3v) is 5.06. The predicted molar refractivity (Wildman–Crippen MR) is 113 cm³/mol. The van der Waals surface area contributed by atoms with Crippen LogP contribution in [0.3, 0.4) is 0 Å². The molecule has 2 heterocycles. The van der Waals surface area contributed by atoms with Crippen molar-refractivity contribution >= 4 is 27.7 Å². The largest absolute Gasteiger partial charge is 0.366 e. The van der Waals surface area contributed by atoms with E-state index in [0.29, 0.717) is 5.56 Å². The van der Waals surface area contributed by atoms with Gasteiger partial charge in [0.15, 0.2) is 0 Å². The number of aromatic nitrogens is 2. The number of para-hydroxylation sites is 1. The molecule has 0 unspecified atom stereocenters. The van der Waals surface area contributed by atoms with Crippen LogP contribution in [0.5, 0.6) is 0 Å². The molecule has 0 saturated heterocycles. The van der Waals surface area contributed by atoms with Crippen LogP contribution in [0.15, 0.2) is 91.3 Å². The molecule has 134 valence electrons. The molecule has 28 heavy (non-hydrogen) atoms. The van der Waals surface area contributed by atoms with Crippen LogP contribution in [0.25, 0.3) is 38.6 Å². The first-order valence-corrected chi connectivity index (χ1v) is 9.06. The van der Waals surface area contributed by atoms with Crippen LogP contribution in [0.2, 0.25) is 0 Å². The first-order valence-electron chi connectivity index (χ1n) is 9.06. The van der Waals surface area contributed by atoms with E-state index in [1.807, 2.05) is 42.7 Å². The summed E-state index contributed by atoms with van der Waals surface area (Å²) in [5, 5.41) is 2.28. The second-order valence-electron chi connectivity index (χ2n) is 6.75. The minimum absolute atomic E-state index is 0.421. The molecule has 0 aliphatic rings. The zero-order valence-electron chi connectivity index (χ0n) is 15.0. The Hall–Kier alpha value is -3.92. The van der Waals surface area contributed by atoms with Crippen molar-refractivity contribution < 1.29 is 4.79 Å². The summed E-state index contributed by atoms with van der Waals surface area (Å²) in [7, 11) is 0. The van der Waals surface area contributed by atoms with E-state index in [-0.39, 0.29) is 0 Å². The van der Waals surface area contributed by atoms with Gasteiger partial charge < -0.3 is 10.3 Å². The van der Waals surface area contributed by atoms with E-state index >= 15 is 0 Å². The van der Waals surface area contributed by atoms with Crippen molar-refractivity contribution in [2.75, 3.05) is 0 Å².